The van der Waals surface area contributed by atoms with E-state index in [2.05, 4.69) is 16.8 Å². The molecule has 1 amide bonds. The summed E-state index contributed by atoms with van der Waals surface area (Å²) in [6.07, 6.45) is 2.92. The van der Waals surface area contributed by atoms with E-state index in [0.29, 0.717) is 6.61 Å². The van der Waals surface area contributed by atoms with Gasteiger partial charge in [0.2, 0.25) is 5.91 Å². The van der Waals surface area contributed by atoms with Crippen LogP contribution >= 0.6 is 11.3 Å². The van der Waals surface area contributed by atoms with E-state index in [1.807, 2.05) is 13.0 Å². The molecule has 1 N–H and O–H groups in total. The molecule has 1 aromatic heterocycles. The first-order chi connectivity index (χ1) is 8.25. The Kier molecular flexibility index (Phi) is 4.57. The zero-order valence-corrected chi connectivity index (χ0v) is 11.0. The van der Waals surface area contributed by atoms with E-state index in [1.165, 1.54) is 4.88 Å². The van der Waals surface area contributed by atoms with Crippen LogP contribution in [0.25, 0.3) is 0 Å². The molecule has 1 aliphatic rings. The van der Waals surface area contributed by atoms with E-state index in [4.69, 9.17) is 4.74 Å². The van der Waals surface area contributed by atoms with E-state index in [9.17, 15) is 4.79 Å². The van der Waals surface area contributed by atoms with Crippen molar-refractivity contribution < 1.29 is 9.53 Å². The number of carbonyl (C=O) groups is 1. The maximum atomic E-state index is 12.0. The lowest BCUT2D eigenvalue weighted by Gasteiger charge is -2.24. The molecule has 0 spiro atoms. The average molecular weight is 253 g/mol. The highest BCUT2D eigenvalue weighted by atomic mass is 32.1. The minimum atomic E-state index is 0.0376. The molecule has 0 aromatic carbocycles. The number of thiophene rings is 1. The summed E-state index contributed by atoms with van der Waals surface area (Å²) in [4.78, 5) is 13.2. The van der Waals surface area contributed by atoms with Gasteiger partial charge in [0.1, 0.15) is 0 Å². The Labute approximate surface area is 106 Å². The fourth-order valence-corrected chi connectivity index (χ4v) is 2.86. The van der Waals surface area contributed by atoms with Crippen molar-refractivity contribution in [2.24, 2.45) is 5.92 Å². The molecule has 1 fully saturated rings. The number of hydrogen-bond donors (Lipinski definition) is 1. The summed E-state index contributed by atoms with van der Waals surface area (Å²) in [7, 11) is 0. The Morgan fingerprint density at radius 2 is 2.59 bits per heavy atom. The lowest BCUT2D eigenvalue weighted by Crippen LogP contribution is -2.43. The topological polar surface area (TPSA) is 38.3 Å². The first kappa shape index (κ1) is 12.6. The summed E-state index contributed by atoms with van der Waals surface area (Å²) >= 11 is 1.71. The lowest BCUT2D eigenvalue weighted by atomic mass is 10.0. The highest BCUT2D eigenvalue weighted by Crippen LogP contribution is 2.15. The van der Waals surface area contributed by atoms with Crippen LogP contribution in [0.4, 0.5) is 0 Å². The monoisotopic (exact) mass is 253 g/mol. The van der Waals surface area contributed by atoms with Gasteiger partial charge in [0, 0.05) is 17.4 Å². The molecule has 2 heterocycles. The summed E-state index contributed by atoms with van der Waals surface area (Å²) < 4.78 is 5.36. The lowest BCUT2D eigenvalue weighted by molar-refractivity contribution is -0.126. The molecule has 0 bridgehead atoms. The zero-order chi connectivity index (χ0) is 12.1. The molecular formula is C13H19NO2S. The Bertz CT molecular complexity index is 344. The van der Waals surface area contributed by atoms with Gasteiger partial charge in [-0.25, -0.2) is 0 Å². The largest absolute Gasteiger partial charge is 0.379 e. The summed E-state index contributed by atoms with van der Waals surface area (Å²) in [5, 5.41) is 5.12. The third-order valence-corrected chi connectivity index (χ3v) is 3.94. The second-order valence-electron chi connectivity index (χ2n) is 4.61. The van der Waals surface area contributed by atoms with Crippen LogP contribution < -0.4 is 5.32 Å². The van der Waals surface area contributed by atoms with E-state index in [0.717, 1.165) is 25.9 Å². The van der Waals surface area contributed by atoms with Crippen LogP contribution in [0.3, 0.4) is 0 Å². The smallest absolute Gasteiger partial charge is 0.223 e. The summed E-state index contributed by atoms with van der Waals surface area (Å²) in [5.41, 5.74) is 0. The van der Waals surface area contributed by atoms with Gasteiger partial charge in [-0.15, -0.1) is 11.3 Å². The Morgan fingerprint density at radius 3 is 3.24 bits per heavy atom. The van der Waals surface area contributed by atoms with Crippen LogP contribution in [0.15, 0.2) is 17.5 Å². The minimum absolute atomic E-state index is 0.0376. The molecule has 1 aromatic rings. The van der Waals surface area contributed by atoms with Crippen molar-refractivity contribution in [3.8, 4) is 0 Å². The maximum Gasteiger partial charge on any atom is 0.223 e. The highest BCUT2D eigenvalue weighted by molar-refractivity contribution is 7.09. The molecular weight excluding hydrogens is 234 g/mol. The Morgan fingerprint density at radius 1 is 1.71 bits per heavy atom. The average Bonchev–Trinajstić information content (AvgIpc) is 2.83. The van der Waals surface area contributed by atoms with Crippen molar-refractivity contribution in [1.82, 2.24) is 5.32 Å². The van der Waals surface area contributed by atoms with Crippen LogP contribution in [-0.2, 0) is 16.0 Å². The number of hydrogen-bond acceptors (Lipinski definition) is 3. The van der Waals surface area contributed by atoms with E-state index in [1.54, 1.807) is 11.3 Å². The van der Waals surface area contributed by atoms with Crippen molar-refractivity contribution in [1.29, 1.82) is 0 Å². The van der Waals surface area contributed by atoms with Crippen LogP contribution in [0.5, 0.6) is 0 Å². The van der Waals surface area contributed by atoms with Gasteiger partial charge in [-0.05, 0) is 30.7 Å². The van der Waals surface area contributed by atoms with Crippen LogP contribution in [-0.4, -0.2) is 25.2 Å². The second-order valence-corrected chi connectivity index (χ2v) is 5.64. The number of carbonyl (C=O) groups excluding carboxylic acids is 1. The molecule has 1 saturated heterocycles. The Hall–Kier alpha value is -0.870. The maximum absolute atomic E-state index is 12.0. The molecule has 0 saturated carbocycles. The molecule has 1 aliphatic heterocycles. The van der Waals surface area contributed by atoms with Crippen LogP contribution in [0, 0.1) is 5.92 Å². The van der Waals surface area contributed by atoms with E-state index < -0.39 is 0 Å². The van der Waals surface area contributed by atoms with Crippen molar-refractivity contribution in [2.45, 2.75) is 32.2 Å². The predicted molar refractivity (Wildman–Crippen MR) is 69.2 cm³/mol. The predicted octanol–water partition coefficient (Wildman–Crippen LogP) is 2.22. The molecule has 0 radical (unpaired) electrons. The van der Waals surface area contributed by atoms with Crippen molar-refractivity contribution >= 4 is 17.2 Å². The molecule has 0 aliphatic carbocycles. The third kappa shape index (κ3) is 3.82. The normalized spacial score (nSPS) is 22.1. The SMILES string of the molecule is CC(Cc1cccs1)C(=O)NC1CCCOC1. The fourth-order valence-electron chi connectivity index (χ4n) is 2.02. The highest BCUT2D eigenvalue weighted by Gasteiger charge is 2.20. The van der Waals surface area contributed by atoms with Gasteiger partial charge in [-0.1, -0.05) is 13.0 Å². The minimum Gasteiger partial charge on any atom is -0.379 e. The Balaban J connectivity index is 1.78. The second kappa shape index (κ2) is 6.17. The summed E-state index contributed by atoms with van der Waals surface area (Å²) in [6.45, 7) is 3.48. The number of ether oxygens (including phenoxy) is 1. The van der Waals surface area contributed by atoms with Gasteiger partial charge < -0.3 is 10.1 Å². The third-order valence-electron chi connectivity index (χ3n) is 3.04. The molecule has 2 atom stereocenters. The van der Waals surface area contributed by atoms with Gasteiger partial charge in [-0.2, -0.15) is 0 Å². The van der Waals surface area contributed by atoms with Crippen LogP contribution in [0.1, 0.15) is 24.6 Å². The first-order valence-corrected chi connectivity index (χ1v) is 7.04. The van der Waals surface area contributed by atoms with Gasteiger partial charge in [0.25, 0.3) is 0 Å². The zero-order valence-electron chi connectivity index (χ0n) is 10.1. The molecule has 2 rings (SSSR count). The standard InChI is InChI=1S/C13H19NO2S/c1-10(8-12-5-3-7-17-12)13(15)14-11-4-2-6-16-9-11/h3,5,7,10-11H,2,4,6,8-9H2,1H3,(H,14,15). The van der Waals surface area contributed by atoms with Gasteiger partial charge >= 0.3 is 0 Å². The number of amides is 1. The van der Waals surface area contributed by atoms with Crippen molar-refractivity contribution in [3.05, 3.63) is 22.4 Å². The van der Waals surface area contributed by atoms with Gasteiger partial charge in [-0.3, -0.25) is 4.79 Å². The van der Waals surface area contributed by atoms with E-state index in [-0.39, 0.29) is 17.9 Å². The van der Waals surface area contributed by atoms with Gasteiger partial charge in [0.05, 0.1) is 12.6 Å². The number of rotatable bonds is 4. The number of nitrogens with one attached hydrogen (secondary N) is 1. The fraction of sp³-hybridized carbons (Fsp3) is 0.615. The molecule has 17 heavy (non-hydrogen) atoms. The quantitative estimate of drug-likeness (QED) is 0.893. The molecule has 4 heteroatoms. The molecule has 94 valence electrons. The van der Waals surface area contributed by atoms with E-state index >= 15 is 0 Å². The molecule has 2 unspecified atom stereocenters. The first-order valence-electron chi connectivity index (χ1n) is 6.16. The summed E-state index contributed by atoms with van der Waals surface area (Å²) in [5.74, 6) is 0.185. The van der Waals surface area contributed by atoms with Crippen LogP contribution in [0.2, 0.25) is 0 Å². The van der Waals surface area contributed by atoms with Crippen molar-refractivity contribution in [2.75, 3.05) is 13.2 Å². The molecule has 3 nitrogen and oxygen atoms in total. The summed E-state index contributed by atoms with van der Waals surface area (Å²) in [6, 6.07) is 4.32. The van der Waals surface area contributed by atoms with Crippen molar-refractivity contribution in [3.63, 3.8) is 0 Å². The van der Waals surface area contributed by atoms with Gasteiger partial charge in [0.15, 0.2) is 0 Å².